The summed E-state index contributed by atoms with van der Waals surface area (Å²) >= 11 is 2.81. The molecular formula is C12H13BrF3NO2. The molecule has 0 bridgehead atoms. The molecule has 1 aromatic rings. The molecule has 0 spiro atoms. The van der Waals surface area contributed by atoms with Gasteiger partial charge in [-0.3, -0.25) is 4.79 Å². The minimum Gasteiger partial charge on any atom is -0.392 e. The molecule has 0 aliphatic heterocycles. The van der Waals surface area contributed by atoms with E-state index in [1.165, 1.54) is 31.0 Å². The van der Waals surface area contributed by atoms with Gasteiger partial charge in [-0.1, -0.05) is 15.9 Å². The monoisotopic (exact) mass is 339 g/mol. The Morgan fingerprint density at radius 1 is 1.47 bits per heavy atom. The van der Waals surface area contributed by atoms with Crippen LogP contribution in [0.15, 0.2) is 22.7 Å². The number of aliphatic hydroxyl groups is 1. The third-order valence-corrected chi connectivity index (χ3v) is 3.09. The minimum absolute atomic E-state index is 0.0518. The molecule has 0 radical (unpaired) electrons. The predicted molar refractivity (Wildman–Crippen MR) is 67.8 cm³/mol. The molecule has 7 heteroatoms. The van der Waals surface area contributed by atoms with Crippen LogP contribution in [0.5, 0.6) is 0 Å². The van der Waals surface area contributed by atoms with Crippen molar-refractivity contribution in [1.29, 1.82) is 0 Å². The Balaban J connectivity index is 3.06. The first-order valence-electron chi connectivity index (χ1n) is 5.43. The fourth-order valence-corrected chi connectivity index (χ4v) is 2.05. The summed E-state index contributed by atoms with van der Waals surface area (Å²) in [7, 11) is 1.42. The molecule has 1 amide bonds. The number of aliphatic hydroxyl groups excluding tert-OH is 1. The fraction of sp³-hybridized carbons (Fsp3) is 0.417. The van der Waals surface area contributed by atoms with Crippen molar-refractivity contribution in [3.8, 4) is 0 Å². The first kappa shape index (κ1) is 16.0. The zero-order valence-electron chi connectivity index (χ0n) is 10.3. The van der Waals surface area contributed by atoms with Gasteiger partial charge in [0.2, 0.25) is 0 Å². The van der Waals surface area contributed by atoms with Gasteiger partial charge in [0.1, 0.15) is 0 Å². The molecule has 19 heavy (non-hydrogen) atoms. The molecule has 0 saturated carbocycles. The maximum Gasteiger partial charge on any atom is 0.417 e. The Hall–Kier alpha value is -1.08. The maximum atomic E-state index is 12.7. The Labute approximate surface area is 117 Å². The zero-order valence-corrected chi connectivity index (χ0v) is 11.9. The van der Waals surface area contributed by atoms with Crippen LogP contribution in [-0.4, -0.2) is 35.6 Å². The number of likely N-dealkylation sites (N-methyl/N-ethyl adjacent to an activating group) is 1. The number of nitrogens with zero attached hydrogens (tertiary/aromatic N) is 1. The van der Waals surface area contributed by atoms with E-state index in [4.69, 9.17) is 5.11 Å². The topological polar surface area (TPSA) is 40.5 Å². The van der Waals surface area contributed by atoms with Crippen molar-refractivity contribution in [3.05, 3.63) is 33.8 Å². The zero-order chi connectivity index (χ0) is 14.8. The van der Waals surface area contributed by atoms with E-state index in [1.54, 1.807) is 0 Å². The van der Waals surface area contributed by atoms with Crippen LogP contribution in [0.2, 0.25) is 0 Å². The molecule has 0 saturated heterocycles. The number of rotatable bonds is 3. The fourth-order valence-electron chi connectivity index (χ4n) is 1.58. The van der Waals surface area contributed by atoms with Crippen molar-refractivity contribution < 1.29 is 23.1 Å². The number of alkyl halides is 3. The largest absolute Gasteiger partial charge is 0.417 e. The van der Waals surface area contributed by atoms with Crippen LogP contribution in [0.25, 0.3) is 0 Å². The molecule has 0 aliphatic rings. The van der Waals surface area contributed by atoms with Crippen LogP contribution in [0.3, 0.4) is 0 Å². The molecule has 106 valence electrons. The van der Waals surface area contributed by atoms with Crippen LogP contribution in [-0.2, 0) is 6.18 Å². The highest BCUT2D eigenvalue weighted by Gasteiger charge is 2.33. The molecule has 0 fully saturated rings. The van der Waals surface area contributed by atoms with Gasteiger partial charge < -0.3 is 10.0 Å². The summed E-state index contributed by atoms with van der Waals surface area (Å²) in [4.78, 5) is 13.1. The Bertz CT molecular complexity index is 475. The molecule has 1 N–H and O–H groups in total. The van der Waals surface area contributed by atoms with E-state index in [0.29, 0.717) is 0 Å². The molecule has 0 aromatic heterocycles. The van der Waals surface area contributed by atoms with E-state index in [0.717, 1.165) is 6.07 Å². The molecule has 1 aromatic carbocycles. The SMILES string of the molecule is CC(O)CN(C)C(=O)c1ccc(Br)c(C(F)(F)F)c1. The summed E-state index contributed by atoms with van der Waals surface area (Å²) in [6, 6.07) is 3.29. The second kappa shape index (κ2) is 5.92. The van der Waals surface area contributed by atoms with Crippen molar-refractivity contribution in [1.82, 2.24) is 4.90 Å². The highest BCUT2D eigenvalue weighted by atomic mass is 79.9. The van der Waals surface area contributed by atoms with E-state index >= 15 is 0 Å². The van der Waals surface area contributed by atoms with Crippen molar-refractivity contribution in [2.45, 2.75) is 19.2 Å². The van der Waals surface area contributed by atoms with Crippen molar-refractivity contribution in [2.24, 2.45) is 0 Å². The summed E-state index contributed by atoms with van der Waals surface area (Å²) in [6.07, 6.45) is -5.27. The normalized spacial score (nSPS) is 13.2. The number of hydrogen-bond donors (Lipinski definition) is 1. The van der Waals surface area contributed by atoms with E-state index in [9.17, 15) is 18.0 Å². The number of hydrogen-bond acceptors (Lipinski definition) is 2. The van der Waals surface area contributed by atoms with Crippen LogP contribution in [0, 0.1) is 0 Å². The van der Waals surface area contributed by atoms with Gasteiger partial charge in [0.25, 0.3) is 5.91 Å². The lowest BCUT2D eigenvalue weighted by Crippen LogP contribution is -2.33. The van der Waals surface area contributed by atoms with E-state index in [-0.39, 0.29) is 16.6 Å². The van der Waals surface area contributed by atoms with E-state index < -0.39 is 23.8 Å². The molecule has 0 aliphatic carbocycles. The molecular weight excluding hydrogens is 327 g/mol. The first-order chi connectivity index (χ1) is 8.62. The summed E-state index contributed by atoms with van der Waals surface area (Å²) in [6.45, 7) is 1.54. The third kappa shape index (κ3) is 4.21. The Morgan fingerprint density at radius 2 is 2.05 bits per heavy atom. The van der Waals surface area contributed by atoms with Crippen molar-refractivity contribution in [3.63, 3.8) is 0 Å². The highest BCUT2D eigenvalue weighted by molar-refractivity contribution is 9.10. The van der Waals surface area contributed by atoms with Crippen LogP contribution >= 0.6 is 15.9 Å². The number of benzene rings is 1. The molecule has 0 heterocycles. The van der Waals surface area contributed by atoms with Crippen LogP contribution in [0.4, 0.5) is 13.2 Å². The average molecular weight is 340 g/mol. The second-order valence-electron chi connectivity index (χ2n) is 4.23. The Morgan fingerprint density at radius 3 is 2.53 bits per heavy atom. The number of halogens is 4. The van der Waals surface area contributed by atoms with Gasteiger partial charge in [-0.15, -0.1) is 0 Å². The average Bonchev–Trinajstić information content (AvgIpc) is 2.26. The lowest BCUT2D eigenvalue weighted by Gasteiger charge is -2.19. The van der Waals surface area contributed by atoms with Gasteiger partial charge in [0.15, 0.2) is 0 Å². The summed E-state index contributed by atoms with van der Waals surface area (Å²) in [5.74, 6) is -0.570. The second-order valence-corrected chi connectivity index (χ2v) is 5.08. The summed E-state index contributed by atoms with van der Waals surface area (Å²) < 4.78 is 38.0. The third-order valence-electron chi connectivity index (χ3n) is 2.40. The standard InChI is InChI=1S/C12H13BrF3NO2/c1-7(18)6-17(2)11(19)8-3-4-10(13)9(5-8)12(14,15)16/h3-5,7,18H,6H2,1-2H3. The first-order valence-corrected chi connectivity index (χ1v) is 6.22. The van der Waals surface area contributed by atoms with Gasteiger partial charge >= 0.3 is 6.18 Å². The smallest absolute Gasteiger partial charge is 0.392 e. The van der Waals surface area contributed by atoms with E-state index in [1.807, 2.05) is 0 Å². The van der Waals surface area contributed by atoms with Crippen LogP contribution in [0.1, 0.15) is 22.8 Å². The molecule has 3 nitrogen and oxygen atoms in total. The summed E-state index contributed by atoms with van der Waals surface area (Å²) in [5.41, 5.74) is -0.970. The van der Waals surface area contributed by atoms with Gasteiger partial charge in [0.05, 0.1) is 11.7 Å². The Kier molecular flexibility index (Phi) is 4.98. The molecule has 1 atom stereocenters. The quantitative estimate of drug-likeness (QED) is 0.919. The lowest BCUT2D eigenvalue weighted by molar-refractivity contribution is -0.138. The van der Waals surface area contributed by atoms with Gasteiger partial charge in [0, 0.05) is 23.6 Å². The minimum atomic E-state index is -4.53. The van der Waals surface area contributed by atoms with Crippen molar-refractivity contribution >= 4 is 21.8 Å². The number of carbonyl (C=O) groups is 1. The maximum absolute atomic E-state index is 12.7. The van der Waals surface area contributed by atoms with Gasteiger partial charge in [-0.2, -0.15) is 13.2 Å². The van der Waals surface area contributed by atoms with Gasteiger partial charge in [-0.25, -0.2) is 0 Å². The molecule has 1 unspecified atom stereocenters. The molecule has 1 rings (SSSR count). The van der Waals surface area contributed by atoms with Gasteiger partial charge in [-0.05, 0) is 25.1 Å². The lowest BCUT2D eigenvalue weighted by atomic mass is 10.1. The highest BCUT2D eigenvalue weighted by Crippen LogP contribution is 2.35. The summed E-state index contributed by atoms with van der Waals surface area (Å²) in [5, 5.41) is 9.17. The van der Waals surface area contributed by atoms with E-state index in [2.05, 4.69) is 15.9 Å². The van der Waals surface area contributed by atoms with Crippen molar-refractivity contribution in [2.75, 3.05) is 13.6 Å². The number of amides is 1. The number of carbonyl (C=O) groups excluding carboxylic acids is 1. The predicted octanol–water partition coefficient (Wildman–Crippen LogP) is 2.92. The van der Waals surface area contributed by atoms with Crippen LogP contribution < -0.4 is 0 Å².